The number of nitrogens with zero attached hydrogens (tertiary/aromatic N) is 1. The molecule has 1 fully saturated rings. The van der Waals surface area contributed by atoms with Gasteiger partial charge in [-0.2, -0.15) is 0 Å². The van der Waals surface area contributed by atoms with Gasteiger partial charge in [-0.1, -0.05) is 29.8 Å². The minimum Gasteiger partial charge on any atom is -0.383 e. The standard InChI is InChI=1S/C20H23ClN2O3S/c21-15-5-1-4-14(12-15)17-7-2-10-23(17)19(25)13-18(24)20(26)22-9-8-16-6-3-11-27-16/h1,3-6,11-12,17-18,24H,2,7-10,13H2,(H,22,26)/t17?,18-/m1/s1. The Balaban J connectivity index is 1.51. The minimum atomic E-state index is -1.33. The van der Waals surface area contributed by atoms with Crippen molar-refractivity contribution in [2.45, 2.75) is 37.8 Å². The number of carbonyl (C=O) groups is 2. The number of rotatable bonds is 7. The SMILES string of the molecule is O=C(NCCc1cccs1)[C@H](O)CC(=O)N1CCCC1c1cccc(Cl)c1. The van der Waals surface area contributed by atoms with Crippen molar-refractivity contribution in [3.05, 3.63) is 57.2 Å². The predicted octanol–water partition coefficient (Wildman–Crippen LogP) is 3.17. The summed E-state index contributed by atoms with van der Waals surface area (Å²) < 4.78 is 0. The fourth-order valence-corrected chi connectivity index (χ4v) is 4.29. The van der Waals surface area contributed by atoms with E-state index in [4.69, 9.17) is 11.6 Å². The number of hydrogen-bond acceptors (Lipinski definition) is 4. The van der Waals surface area contributed by atoms with Gasteiger partial charge in [-0.3, -0.25) is 9.59 Å². The van der Waals surface area contributed by atoms with Crippen LogP contribution in [-0.4, -0.2) is 41.0 Å². The molecule has 0 aliphatic carbocycles. The lowest BCUT2D eigenvalue weighted by Crippen LogP contribution is -2.40. The summed E-state index contributed by atoms with van der Waals surface area (Å²) in [6, 6.07) is 11.4. The summed E-state index contributed by atoms with van der Waals surface area (Å²) >= 11 is 7.69. The Morgan fingerprint density at radius 2 is 2.19 bits per heavy atom. The smallest absolute Gasteiger partial charge is 0.249 e. The third-order valence-corrected chi connectivity index (χ3v) is 5.90. The Hall–Kier alpha value is -1.89. The molecule has 1 aromatic heterocycles. The highest BCUT2D eigenvalue weighted by Gasteiger charge is 2.32. The molecule has 2 N–H and O–H groups in total. The van der Waals surface area contributed by atoms with Gasteiger partial charge < -0.3 is 15.3 Å². The van der Waals surface area contributed by atoms with E-state index in [-0.39, 0.29) is 18.4 Å². The Bertz CT molecular complexity index is 781. The van der Waals surface area contributed by atoms with Crippen LogP contribution in [0.15, 0.2) is 41.8 Å². The van der Waals surface area contributed by atoms with Gasteiger partial charge in [0.2, 0.25) is 11.8 Å². The van der Waals surface area contributed by atoms with Crippen molar-refractivity contribution in [1.82, 2.24) is 10.2 Å². The zero-order valence-corrected chi connectivity index (χ0v) is 16.5. The molecule has 1 aromatic carbocycles. The normalized spacial score (nSPS) is 17.7. The van der Waals surface area contributed by atoms with Gasteiger partial charge in [-0.05, 0) is 48.4 Å². The maximum absolute atomic E-state index is 12.6. The molecule has 144 valence electrons. The Morgan fingerprint density at radius 3 is 2.93 bits per heavy atom. The summed E-state index contributed by atoms with van der Waals surface area (Å²) in [5.41, 5.74) is 0.989. The third-order valence-electron chi connectivity index (χ3n) is 4.73. The second-order valence-corrected chi connectivity index (χ2v) is 8.11. The molecule has 3 rings (SSSR count). The van der Waals surface area contributed by atoms with Gasteiger partial charge in [0.15, 0.2) is 0 Å². The zero-order chi connectivity index (χ0) is 19.2. The van der Waals surface area contributed by atoms with Crippen molar-refractivity contribution in [2.24, 2.45) is 0 Å². The van der Waals surface area contributed by atoms with Crippen molar-refractivity contribution in [1.29, 1.82) is 0 Å². The average molecular weight is 407 g/mol. The van der Waals surface area contributed by atoms with E-state index >= 15 is 0 Å². The molecule has 27 heavy (non-hydrogen) atoms. The predicted molar refractivity (Wildman–Crippen MR) is 107 cm³/mol. The first-order chi connectivity index (χ1) is 13.0. The number of amides is 2. The van der Waals surface area contributed by atoms with Crippen LogP contribution in [0.25, 0.3) is 0 Å². The third kappa shape index (κ3) is 5.31. The summed E-state index contributed by atoms with van der Waals surface area (Å²) in [6.45, 7) is 1.07. The highest BCUT2D eigenvalue weighted by Crippen LogP contribution is 2.33. The van der Waals surface area contributed by atoms with Crippen molar-refractivity contribution in [3.63, 3.8) is 0 Å². The monoisotopic (exact) mass is 406 g/mol. The van der Waals surface area contributed by atoms with Crippen LogP contribution < -0.4 is 5.32 Å². The van der Waals surface area contributed by atoms with Crippen LogP contribution in [0, 0.1) is 0 Å². The fraction of sp³-hybridized carbons (Fsp3) is 0.400. The number of aliphatic hydroxyl groups is 1. The van der Waals surface area contributed by atoms with Gasteiger partial charge in [0.1, 0.15) is 6.10 Å². The highest BCUT2D eigenvalue weighted by molar-refractivity contribution is 7.09. The molecule has 0 saturated carbocycles. The van der Waals surface area contributed by atoms with Crippen molar-refractivity contribution >= 4 is 34.8 Å². The molecule has 1 aliphatic rings. The van der Waals surface area contributed by atoms with E-state index in [0.717, 1.165) is 18.4 Å². The topological polar surface area (TPSA) is 69.6 Å². The van der Waals surface area contributed by atoms with E-state index < -0.39 is 12.0 Å². The lowest BCUT2D eigenvalue weighted by molar-refractivity contribution is -0.140. The molecule has 2 heterocycles. The van der Waals surface area contributed by atoms with Crippen LogP contribution >= 0.6 is 22.9 Å². The van der Waals surface area contributed by atoms with Gasteiger partial charge in [0.05, 0.1) is 12.5 Å². The highest BCUT2D eigenvalue weighted by atomic mass is 35.5. The molecule has 7 heteroatoms. The lowest BCUT2D eigenvalue weighted by atomic mass is 10.0. The van der Waals surface area contributed by atoms with E-state index in [1.165, 1.54) is 4.88 Å². The van der Waals surface area contributed by atoms with E-state index in [1.54, 1.807) is 22.3 Å². The molecule has 5 nitrogen and oxygen atoms in total. The molecule has 0 spiro atoms. The number of carbonyl (C=O) groups excluding carboxylic acids is 2. The molecule has 0 radical (unpaired) electrons. The quantitative estimate of drug-likeness (QED) is 0.742. The number of benzene rings is 1. The molecule has 2 amide bonds. The average Bonchev–Trinajstić information content (AvgIpc) is 3.33. The molecule has 1 aliphatic heterocycles. The van der Waals surface area contributed by atoms with E-state index in [2.05, 4.69) is 5.32 Å². The Labute approximate surface area is 168 Å². The molecule has 1 unspecified atom stereocenters. The van der Waals surface area contributed by atoms with Gasteiger partial charge in [-0.15, -0.1) is 11.3 Å². The first-order valence-electron chi connectivity index (χ1n) is 9.07. The van der Waals surface area contributed by atoms with Gasteiger partial charge in [0, 0.05) is 23.0 Å². The summed E-state index contributed by atoms with van der Waals surface area (Å²) in [7, 11) is 0. The summed E-state index contributed by atoms with van der Waals surface area (Å²) in [5.74, 6) is -0.711. The molecule has 0 bridgehead atoms. The number of likely N-dealkylation sites (tertiary alicyclic amines) is 1. The summed E-state index contributed by atoms with van der Waals surface area (Å²) in [6.07, 6.45) is 0.928. The number of halogens is 1. The van der Waals surface area contributed by atoms with Crippen LogP contribution in [0.3, 0.4) is 0 Å². The van der Waals surface area contributed by atoms with Crippen LogP contribution in [0.1, 0.15) is 35.7 Å². The van der Waals surface area contributed by atoms with Gasteiger partial charge in [0.25, 0.3) is 0 Å². The second kappa shape index (κ2) is 9.35. The summed E-state index contributed by atoms with van der Waals surface area (Å²) in [4.78, 5) is 27.6. The van der Waals surface area contributed by atoms with E-state index in [0.29, 0.717) is 24.5 Å². The number of hydrogen-bond donors (Lipinski definition) is 2. The number of aliphatic hydroxyl groups excluding tert-OH is 1. The summed E-state index contributed by atoms with van der Waals surface area (Å²) in [5, 5.41) is 15.4. The second-order valence-electron chi connectivity index (χ2n) is 6.64. The molecule has 2 atom stereocenters. The first-order valence-corrected chi connectivity index (χ1v) is 10.3. The molecule has 1 saturated heterocycles. The van der Waals surface area contributed by atoms with Crippen LogP contribution in [0.4, 0.5) is 0 Å². The van der Waals surface area contributed by atoms with Crippen molar-refractivity contribution < 1.29 is 14.7 Å². The molecular formula is C20H23ClN2O3S. The van der Waals surface area contributed by atoms with E-state index in [1.807, 2.05) is 35.7 Å². The maximum Gasteiger partial charge on any atom is 0.249 e. The molecule has 2 aromatic rings. The van der Waals surface area contributed by atoms with Gasteiger partial charge >= 0.3 is 0 Å². The Morgan fingerprint density at radius 1 is 1.33 bits per heavy atom. The number of thiophene rings is 1. The lowest BCUT2D eigenvalue weighted by Gasteiger charge is -2.26. The number of nitrogens with one attached hydrogen (secondary N) is 1. The Kier molecular flexibility index (Phi) is 6.88. The van der Waals surface area contributed by atoms with Crippen LogP contribution in [0.2, 0.25) is 5.02 Å². The van der Waals surface area contributed by atoms with Crippen molar-refractivity contribution in [3.8, 4) is 0 Å². The minimum absolute atomic E-state index is 0.0507. The van der Waals surface area contributed by atoms with Gasteiger partial charge in [-0.25, -0.2) is 0 Å². The first kappa shape index (κ1) is 19.9. The van der Waals surface area contributed by atoms with Crippen LogP contribution in [-0.2, 0) is 16.0 Å². The maximum atomic E-state index is 12.6. The molecular weight excluding hydrogens is 384 g/mol. The van der Waals surface area contributed by atoms with Crippen molar-refractivity contribution in [2.75, 3.05) is 13.1 Å². The largest absolute Gasteiger partial charge is 0.383 e. The zero-order valence-electron chi connectivity index (χ0n) is 14.9. The fourth-order valence-electron chi connectivity index (χ4n) is 3.38. The van der Waals surface area contributed by atoms with E-state index in [9.17, 15) is 14.7 Å². The van der Waals surface area contributed by atoms with Crippen LogP contribution in [0.5, 0.6) is 0 Å².